The SMILES string of the molecule is CCS(=O)(=O)N[C@H](Cc1ccc(Br)cc1)C(=O)N[C@@H](CCC(N)=O)C(=O)NCc1ccc(C(=N)N)cc1. The molecule has 13 heteroatoms. The highest BCUT2D eigenvalue weighted by atomic mass is 79.9. The van der Waals surface area contributed by atoms with E-state index in [1.807, 2.05) is 0 Å². The summed E-state index contributed by atoms with van der Waals surface area (Å²) in [4.78, 5) is 37.5. The smallest absolute Gasteiger partial charge is 0.242 e. The van der Waals surface area contributed by atoms with Crippen molar-refractivity contribution in [2.75, 3.05) is 5.75 Å². The van der Waals surface area contributed by atoms with Crippen molar-refractivity contribution in [3.8, 4) is 0 Å². The molecule has 0 radical (unpaired) electrons. The monoisotopic (exact) mass is 594 g/mol. The van der Waals surface area contributed by atoms with Crippen molar-refractivity contribution >= 4 is 49.5 Å². The normalized spacial score (nSPS) is 12.8. The number of hydrogen-bond donors (Lipinski definition) is 6. The van der Waals surface area contributed by atoms with Crippen LogP contribution in [0.4, 0.5) is 0 Å². The molecule has 0 saturated heterocycles. The average molecular weight is 596 g/mol. The predicted octanol–water partition coefficient (Wildman–Crippen LogP) is 0.650. The van der Waals surface area contributed by atoms with Crippen LogP contribution >= 0.6 is 15.9 Å². The Bertz CT molecular complexity index is 1220. The lowest BCUT2D eigenvalue weighted by atomic mass is 10.0. The quantitative estimate of drug-likeness (QED) is 0.137. The van der Waals surface area contributed by atoms with Gasteiger partial charge < -0.3 is 22.1 Å². The standard InChI is InChI=1S/C24H31BrN6O5S/c1-2-37(35,36)31-20(13-15-5-9-18(25)10-6-15)24(34)30-19(11-12-21(26)32)23(33)29-14-16-3-7-17(8-4-16)22(27)28/h3-10,19-20,31H,2,11-14H2,1H3,(H2,26,32)(H3,27,28)(H,29,33)(H,30,34)/t19-,20+/m0/s1. The number of rotatable bonds is 14. The van der Waals surface area contributed by atoms with E-state index in [2.05, 4.69) is 31.3 Å². The minimum Gasteiger partial charge on any atom is -0.384 e. The van der Waals surface area contributed by atoms with Gasteiger partial charge in [-0.15, -0.1) is 0 Å². The molecule has 0 fully saturated rings. The maximum absolute atomic E-state index is 13.2. The van der Waals surface area contributed by atoms with Crippen LogP contribution in [0.15, 0.2) is 53.0 Å². The first-order valence-corrected chi connectivity index (χ1v) is 13.9. The number of carbonyl (C=O) groups is 3. The van der Waals surface area contributed by atoms with Gasteiger partial charge in [0.25, 0.3) is 0 Å². The molecule has 0 bridgehead atoms. The van der Waals surface area contributed by atoms with Crippen LogP contribution in [-0.4, -0.2) is 49.8 Å². The molecule has 0 aliphatic heterocycles. The summed E-state index contributed by atoms with van der Waals surface area (Å²) in [5.41, 5.74) is 12.7. The summed E-state index contributed by atoms with van der Waals surface area (Å²) in [6, 6.07) is 11.4. The van der Waals surface area contributed by atoms with Crippen molar-refractivity contribution < 1.29 is 22.8 Å². The Balaban J connectivity index is 2.17. The largest absolute Gasteiger partial charge is 0.384 e. The van der Waals surface area contributed by atoms with Gasteiger partial charge in [0.05, 0.1) is 5.75 Å². The number of nitrogens with one attached hydrogen (secondary N) is 4. The topological polar surface area (TPSA) is 197 Å². The van der Waals surface area contributed by atoms with Crippen LogP contribution in [-0.2, 0) is 37.4 Å². The van der Waals surface area contributed by atoms with Crippen LogP contribution in [0.2, 0.25) is 0 Å². The van der Waals surface area contributed by atoms with Crippen molar-refractivity contribution in [3.05, 3.63) is 69.7 Å². The predicted molar refractivity (Wildman–Crippen MR) is 144 cm³/mol. The number of nitrogens with two attached hydrogens (primary N) is 2. The summed E-state index contributed by atoms with van der Waals surface area (Å²) in [6.45, 7) is 1.56. The number of nitrogen functional groups attached to an aromatic ring is 1. The zero-order valence-electron chi connectivity index (χ0n) is 20.3. The van der Waals surface area contributed by atoms with E-state index < -0.39 is 39.8 Å². The summed E-state index contributed by atoms with van der Waals surface area (Å²) >= 11 is 3.33. The van der Waals surface area contributed by atoms with E-state index >= 15 is 0 Å². The molecule has 2 atom stereocenters. The molecule has 2 aromatic carbocycles. The molecule has 0 unspecified atom stereocenters. The van der Waals surface area contributed by atoms with Gasteiger partial charge in [-0.2, -0.15) is 0 Å². The fourth-order valence-corrected chi connectivity index (χ4v) is 4.34. The lowest BCUT2D eigenvalue weighted by Crippen LogP contribution is -2.54. The Hall–Kier alpha value is -3.29. The minimum atomic E-state index is -3.75. The van der Waals surface area contributed by atoms with Crippen molar-refractivity contribution in [1.82, 2.24) is 15.4 Å². The second-order valence-corrected chi connectivity index (χ2v) is 11.3. The van der Waals surface area contributed by atoms with Gasteiger partial charge in [-0.3, -0.25) is 19.8 Å². The van der Waals surface area contributed by atoms with Gasteiger partial charge >= 0.3 is 0 Å². The van der Waals surface area contributed by atoms with Crippen molar-refractivity contribution in [2.45, 2.75) is 44.8 Å². The number of sulfonamides is 1. The van der Waals surface area contributed by atoms with E-state index in [0.29, 0.717) is 11.1 Å². The molecule has 3 amide bonds. The summed E-state index contributed by atoms with van der Waals surface area (Å²) in [6.07, 6.45) is -0.184. The average Bonchev–Trinajstić information content (AvgIpc) is 2.85. The van der Waals surface area contributed by atoms with E-state index in [9.17, 15) is 22.8 Å². The summed E-state index contributed by atoms with van der Waals surface area (Å²) in [5, 5.41) is 12.7. The van der Waals surface area contributed by atoms with Gasteiger partial charge in [0.15, 0.2) is 0 Å². The van der Waals surface area contributed by atoms with Crippen molar-refractivity contribution in [3.63, 3.8) is 0 Å². The highest BCUT2D eigenvalue weighted by Crippen LogP contribution is 2.13. The summed E-state index contributed by atoms with van der Waals surface area (Å²) in [5.74, 6) is -2.24. The van der Waals surface area contributed by atoms with Crippen LogP contribution in [0.3, 0.4) is 0 Å². The third-order valence-electron chi connectivity index (χ3n) is 5.42. The highest BCUT2D eigenvalue weighted by molar-refractivity contribution is 9.10. The van der Waals surface area contributed by atoms with Crippen molar-refractivity contribution in [1.29, 1.82) is 5.41 Å². The molecule has 0 saturated carbocycles. The molecule has 2 rings (SSSR count). The number of halogens is 1. The third kappa shape index (κ3) is 10.3. The Morgan fingerprint density at radius 2 is 1.54 bits per heavy atom. The Labute approximate surface area is 224 Å². The second-order valence-electron chi connectivity index (χ2n) is 8.30. The molecule has 0 spiro atoms. The van der Waals surface area contributed by atoms with Crippen LogP contribution in [0.1, 0.15) is 36.5 Å². The molecule has 37 heavy (non-hydrogen) atoms. The Morgan fingerprint density at radius 3 is 2.08 bits per heavy atom. The number of amides is 3. The number of benzene rings is 2. The maximum atomic E-state index is 13.2. The molecule has 0 aliphatic carbocycles. The number of hydrogen-bond acceptors (Lipinski definition) is 6. The van der Waals surface area contributed by atoms with E-state index in [1.54, 1.807) is 48.5 Å². The van der Waals surface area contributed by atoms with Gasteiger partial charge in [0.1, 0.15) is 17.9 Å². The van der Waals surface area contributed by atoms with E-state index in [0.717, 1.165) is 10.0 Å². The molecule has 11 nitrogen and oxygen atoms in total. The first-order chi connectivity index (χ1) is 17.4. The lowest BCUT2D eigenvalue weighted by Gasteiger charge is -2.23. The van der Waals surface area contributed by atoms with Gasteiger partial charge in [-0.1, -0.05) is 52.3 Å². The maximum Gasteiger partial charge on any atom is 0.242 e. The molecule has 2 aromatic rings. The van der Waals surface area contributed by atoms with Gasteiger partial charge in [0.2, 0.25) is 27.7 Å². The van der Waals surface area contributed by atoms with E-state index in [1.165, 1.54) is 6.92 Å². The van der Waals surface area contributed by atoms with Gasteiger partial charge in [-0.25, -0.2) is 13.1 Å². The third-order valence-corrected chi connectivity index (χ3v) is 7.35. The fraction of sp³-hybridized carbons (Fsp3) is 0.333. The first kappa shape index (κ1) is 29.9. The van der Waals surface area contributed by atoms with Crippen LogP contribution in [0, 0.1) is 5.41 Å². The molecule has 200 valence electrons. The Kier molecular flexibility index (Phi) is 11.2. The van der Waals surface area contributed by atoms with E-state index in [-0.39, 0.29) is 37.4 Å². The zero-order chi connectivity index (χ0) is 27.6. The number of amidine groups is 1. The molecular weight excluding hydrogens is 564 g/mol. The van der Waals surface area contributed by atoms with Crippen LogP contribution < -0.4 is 26.8 Å². The summed E-state index contributed by atoms with van der Waals surface area (Å²) in [7, 11) is -3.75. The fourth-order valence-electron chi connectivity index (χ4n) is 3.29. The highest BCUT2D eigenvalue weighted by Gasteiger charge is 2.28. The Morgan fingerprint density at radius 1 is 0.946 bits per heavy atom. The lowest BCUT2D eigenvalue weighted by molar-refractivity contribution is -0.130. The van der Waals surface area contributed by atoms with Crippen LogP contribution in [0.25, 0.3) is 0 Å². The summed E-state index contributed by atoms with van der Waals surface area (Å²) < 4.78 is 27.7. The zero-order valence-corrected chi connectivity index (χ0v) is 22.7. The van der Waals surface area contributed by atoms with Gasteiger partial charge in [-0.05, 0) is 43.0 Å². The first-order valence-electron chi connectivity index (χ1n) is 11.4. The molecule has 0 aromatic heterocycles. The molecule has 0 heterocycles. The van der Waals surface area contributed by atoms with Crippen molar-refractivity contribution in [2.24, 2.45) is 11.5 Å². The van der Waals surface area contributed by atoms with E-state index in [4.69, 9.17) is 16.9 Å². The van der Waals surface area contributed by atoms with Gasteiger partial charge in [0, 0.05) is 23.0 Å². The minimum absolute atomic E-state index is 0.0466. The number of primary amides is 1. The molecule has 0 aliphatic rings. The number of carbonyl (C=O) groups excluding carboxylic acids is 3. The molecular formula is C24H31BrN6O5S. The second kappa shape index (κ2) is 13.9. The van der Waals surface area contributed by atoms with Crippen LogP contribution in [0.5, 0.6) is 0 Å². The molecule has 8 N–H and O–H groups in total.